The number of para-hydroxylation sites is 1. The number of rotatable bonds is 38. The third-order valence-electron chi connectivity index (χ3n) is 17.4. The topological polar surface area (TPSA) is 230 Å². The maximum atomic E-state index is 14.4. The molecule has 2 saturated carbocycles. The fraction of sp³-hybridized carbons (Fsp3) is 0.410. The van der Waals surface area contributed by atoms with Gasteiger partial charge in [0, 0.05) is 29.2 Å². The highest BCUT2D eigenvalue weighted by Gasteiger charge is 2.33. The fourth-order valence-corrected chi connectivity index (χ4v) is 13.0. The summed E-state index contributed by atoms with van der Waals surface area (Å²) in [6.07, 6.45) is 16.8. The van der Waals surface area contributed by atoms with E-state index in [0.717, 1.165) is 110 Å². The van der Waals surface area contributed by atoms with Gasteiger partial charge in [0.1, 0.15) is 35.2 Å². The van der Waals surface area contributed by atoms with Crippen molar-refractivity contribution in [1.29, 1.82) is 0 Å². The van der Waals surface area contributed by atoms with Crippen LogP contribution >= 0.6 is 11.8 Å². The van der Waals surface area contributed by atoms with Gasteiger partial charge in [-0.1, -0.05) is 85.9 Å². The van der Waals surface area contributed by atoms with Crippen LogP contribution in [0.4, 0.5) is 5.69 Å². The molecular formula is C78H89N3O16S. The van der Waals surface area contributed by atoms with Crippen LogP contribution in [0, 0.1) is 11.8 Å². The summed E-state index contributed by atoms with van der Waals surface area (Å²) >= 11 is 1.63. The maximum Gasteiger partial charge on any atom is 0.339 e. The van der Waals surface area contributed by atoms with Gasteiger partial charge in [0.25, 0.3) is 0 Å². The molecule has 0 radical (unpaired) electrons. The lowest BCUT2D eigenvalue weighted by Crippen LogP contribution is -2.33. The number of carbonyl (C=O) groups excluding carboxylic acids is 7. The molecule has 0 saturated heterocycles. The number of ether oxygens (including phenoxy) is 9. The molecule has 1 N–H and O–H groups in total. The van der Waals surface area contributed by atoms with Crippen molar-refractivity contribution in [3.63, 3.8) is 0 Å². The molecule has 6 aromatic carbocycles. The molecular weight excluding hydrogens is 1270 g/mol. The molecule has 1 aliphatic heterocycles. The smallest absolute Gasteiger partial charge is 0.339 e. The van der Waals surface area contributed by atoms with Gasteiger partial charge < -0.3 is 47.9 Å². The second kappa shape index (κ2) is 39.1. The Morgan fingerprint density at radius 3 is 1.63 bits per heavy atom. The van der Waals surface area contributed by atoms with Gasteiger partial charge in [-0.05, 0) is 217 Å². The van der Waals surface area contributed by atoms with Crippen LogP contribution in [0.1, 0.15) is 160 Å². The van der Waals surface area contributed by atoms with Gasteiger partial charge in [-0.25, -0.2) is 19.2 Å². The van der Waals surface area contributed by atoms with Crippen molar-refractivity contribution in [3.05, 3.63) is 181 Å². The van der Waals surface area contributed by atoms with E-state index in [0.29, 0.717) is 126 Å². The monoisotopic (exact) mass is 1360 g/mol. The number of anilines is 1. The lowest BCUT2D eigenvalue weighted by molar-refractivity contribution is -0.143. The first-order valence-electron chi connectivity index (χ1n) is 34.4. The highest BCUT2D eigenvalue weighted by molar-refractivity contribution is 8.00. The van der Waals surface area contributed by atoms with Crippen molar-refractivity contribution in [2.75, 3.05) is 44.9 Å². The quantitative estimate of drug-likeness (QED) is 0.00722. The van der Waals surface area contributed by atoms with Crippen LogP contribution in [-0.2, 0) is 54.1 Å². The number of fused-ring (bicyclic) bond motifs is 2. The van der Waals surface area contributed by atoms with E-state index in [2.05, 4.69) is 24.5 Å². The Kier molecular flexibility index (Phi) is 29.1. The summed E-state index contributed by atoms with van der Waals surface area (Å²) in [5.74, 6) is -1.86. The van der Waals surface area contributed by atoms with E-state index in [4.69, 9.17) is 47.7 Å². The Labute approximate surface area is 577 Å². The molecule has 19 nitrogen and oxygen atoms in total. The Balaban J connectivity index is 0.784. The van der Waals surface area contributed by atoms with Crippen LogP contribution in [0.25, 0.3) is 10.8 Å². The van der Waals surface area contributed by atoms with Gasteiger partial charge in [0.15, 0.2) is 5.50 Å². The molecule has 0 bridgehead atoms. The summed E-state index contributed by atoms with van der Waals surface area (Å²) in [6.45, 7) is 9.41. The van der Waals surface area contributed by atoms with E-state index >= 15 is 0 Å². The molecule has 0 amide bonds. The van der Waals surface area contributed by atoms with Gasteiger partial charge in [-0.2, -0.15) is 5.10 Å². The zero-order chi connectivity index (χ0) is 68.7. The third kappa shape index (κ3) is 23.4. The number of nitrogens with zero attached hydrogens (tertiary/aromatic N) is 2. The molecule has 518 valence electrons. The minimum absolute atomic E-state index is 0.202. The van der Waals surface area contributed by atoms with Gasteiger partial charge in [0.05, 0.1) is 74.3 Å². The fourth-order valence-electron chi connectivity index (χ4n) is 11.9. The molecule has 98 heavy (non-hydrogen) atoms. The Hall–Kier alpha value is -9.43. The molecule has 0 spiro atoms. The SMILES string of the molecule is C=CC(=O)OCCCCCCOc1ccc(OC(=O)C2CCC(OC(=O)c3ccc(OC(=O)C4CCC(OC(=O)c5ccc(OCCCCCCOC(=O)C=C)cc5)CC4)cc3/C=N/N(CCCCCCOC(=O)Cc3cccc4ccccc34)C3Nc4ccccc4S3)CC2)cc1. The van der Waals surface area contributed by atoms with Crippen LogP contribution in [0.3, 0.4) is 0 Å². The molecule has 6 aromatic rings. The third-order valence-corrected chi connectivity index (χ3v) is 18.6. The molecule has 20 heteroatoms. The molecule has 1 unspecified atom stereocenters. The predicted molar refractivity (Wildman–Crippen MR) is 374 cm³/mol. The first-order chi connectivity index (χ1) is 47.9. The average Bonchev–Trinajstić information content (AvgIpc) is 1.58. The van der Waals surface area contributed by atoms with Crippen LogP contribution < -0.4 is 24.3 Å². The molecule has 2 aliphatic carbocycles. The van der Waals surface area contributed by atoms with Crippen molar-refractivity contribution in [2.24, 2.45) is 16.9 Å². The summed E-state index contributed by atoms with van der Waals surface area (Å²) in [7, 11) is 0. The zero-order valence-electron chi connectivity index (χ0n) is 55.7. The number of thioether (sulfide) groups is 1. The molecule has 1 heterocycles. The molecule has 3 aliphatic rings. The summed E-state index contributed by atoms with van der Waals surface area (Å²) in [5.41, 5.74) is 2.61. The van der Waals surface area contributed by atoms with E-state index in [1.54, 1.807) is 84.7 Å². The molecule has 9 rings (SSSR count). The number of unbranched alkanes of at least 4 members (excludes halogenated alkanes) is 9. The molecule has 0 aromatic heterocycles. The second-order valence-electron chi connectivity index (χ2n) is 24.6. The van der Waals surface area contributed by atoms with Gasteiger partial charge >= 0.3 is 41.8 Å². The van der Waals surface area contributed by atoms with Crippen molar-refractivity contribution < 1.29 is 76.2 Å². The Bertz CT molecular complexity index is 3620. The number of hydrogen-bond donors (Lipinski definition) is 1. The van der Waals surface area contributed by atoms with E-state index in [1.807, 2.05) is 65.7 Å². The minimum Gasteiger partial charge on any atom is -0.494 e. The maximum absolute atomic E-state index is 14.4. The van der Waals surface area contributed by atoms with Crippen LogP contribution in [0.2, 0.25) is 0 Å². The van der Waals surface area contributed by atoms with E-state index in [-0.39, 0.29) is 41.3 Å². The summed E-state index contributed by atoms with van der Waals surface area (Å²) in [4.78, 5) is 91.4. The largest absolute Gasteiger partial charge is 0.494 e. The van der Waals surface area contributed by atoms with Crippen molar-refractivity contribution in [2.45, 2.75) is 157 Å². The Morgan fingerprint density at radius 2 is 1.02 bits per heavy atom. The average molecular weight is 1360 g/mol. The summed E-state index contributed by atoms with van der Waals surface area (Å²) in [5, 5.41) is 12.7. The van der Waals surface area contributed by atoms with Crippen LogP contribution in [0.15, 0.2) is 169 Å². The number of hydrogen-bond acceptors (Lipinski definition) is 20. The standard InChI is InChI=1S/C78H89N3O16S/c1-3-71(82)91-49-19-9-7-16-47-89-61-34-28-56(29-35-61)74(85)94-63-36-30-58(31-37-63)76(87)97-66-44-45-68(77(88)96-64-38-32-57(33-39-64)75(86)95-65-42-40-62(41-43-65)90-48-17-8-10-20-50-92-72(83)4-2)60(52-66)54-79-81(78-80-69-26-13-14-27-70(69)98-78)46-15-5-6-18-51-93-73(84)53-59-24-21-23-55-22-11-12-25-67(55)59/h3-4,11-14,21-29,34-35,40-45,52,54,57-58,63-64,78,80H,1-2,5-10,15-20,30-33,36-39,46-51,53H2/b79-54+. The molecule has 1 atom stereocenters. The number of carbonyl (C=O) groups is 7. The van der Waals surface area contributed by atoms with Crippen LogP contribution in [-0.4, -0.2) is 110 Å². The van der Waals surface area contributed by atoms with E-state index in [1.165, 1.54) is 0 Å². The first-order valence-corrected chi connectivity index (χ1v) is 35.2. The van der Waals surface area contributed by atoms with Gasteiger partial charge in [0.2, 0.25) is 0 Å². The first kappa shape index (κ1) is 72.8. The number of esters is 7. The lowest BCUT2D eigenvalue weighted by atomic mass is 9.87. The normalized spacial score (nSPS) is 17.1. The number of benzene rings is 6. The Morgan fingerprint density at radius 1 is 0.510 bits per heavy atom. The van der Waals surface area contributed by atoms with Crippen LogP contribution in [0.5, 0.6) is 23.0 Å². The minimum atomic E-state index is -0.586. The summed E-state index contributed by atoms with van der Waals surface area (Å²) in [6, 6.07) is 40.6. The van der Waals surface area contributed by atoms with E-state index < -0.39 is 47.8 Å². The molecule has 2 fully saturated rings. The highest BCUT2D eigenvalue weighted by atomic mass is 32.2. The number of nitrogens with one attached hydrogen (secondary N) is 1. The summed E-state index contributed by atoms with van der Waals surface area (Å²) < 4.78 is 51.4. The van der Waals surface area contributed by atoms with Gasteiger partial charge in [-0.15, -0.1) is 0 Å². The van der Waals surface area contributed by atoms with Crippen molar-refractivity contribution >= 4 is 76.2 Å². The van der Waals surface area contributed by atoms with Gasteiger partial charge in [-0.3, -0.25) is 19.4 Å². The lowest BCUT2D eigenvalue weighted by Gasteiger charge is -2.27. The second-order valence-corrected chi connectivity index (χ2v) is 25.7. The highest BCUT2D eigenvalue weighted by Crippen LogP contribution is 2.40. The zero-order valence-corrected chi connectivity index (χ0v) is 56.5. The van der Waals surface area contributed by atoms with Crippen molar-refractivity contribution in [3.8, 4) is 23.0 Å². The number of hydrazone groups is 1. The van der Waals surface area contributed by atoms with E-state index in [9.17, 15) is 33.6 Å². The van der Waals surface area contributed by atoms with Crippen molar-refractivity contribution in [1.82, 2.24) is 5.01 Å². The predicted octanol–water partition coefficient (Wildman–Crippen LogP) is 15.3.